The summed E-state index contributed by atoms with van der Waals surface area (Å²) >= 11 is 0. The lowest BCUT2D eigenvalue weighted by molar-refractivity contribution is 0.109. The SMILES string of the molecule is C1COCCN1.Cl.N=C(N)NNC(=N)N. The zero-order valence-corrected chi connectivity index (χ0v) is 9.12. The van der Waals surface area contributed by atoms with E-state index in [1.54, 1.807) is 0 Å². The van der Waals surface area contributed by atoms with E-state index in [4.69, 9.17) is 27.0 Å². The highest BCUT2D eigenvalue weighted by Crippen LogP contribution is 1.76. The Hall–Kier alpha value is -1.25. The van der Waals surface area contributed by atoms with Crippen LogP contribution in [0.1, 0.15) is 0 Å². The van der Waals surface area contributed by atoms with Crippen LogP contribution in [0.4, 0.5) is 0 Å². The Morgan fingerprint density at radius 2 is 1.47 bits per heavy atom. The molecule has 1 fully saturated rings. The first kappa shape index (κ1) is 16.2. The molecule has 15 heavy (non-hydrogen) atoms. The summed E-state index contributed by atoms with van der Waals surface area (Å²) < 4.78 is 5.01. The molecule has 0 aliphatic carbocycles. The van der Waals surface area contributed by atoms with Gasteiger partial charge in [-0.05, 0) is 0 Å². The van der Waals surface area contributed by atoms with E-state index in [1.165, 1.54) is 0 Å². The topological polar surface area (TPSA) is 145 Å². The van der Waals surface area contributed by atoms with Gasteiger partial charge in [0.1, 0.15) is 0 Å². The monoisotopic (exact) mass is 239 g/mol. The number of hydrogen-bond donors (Lipinski definition) is 7. The fourth-order valence-electron chi connectivity index (χ4n) is 0.650. The highest BCUT2D eigenvalue weighted by molar-refractivity contribution is 5.85. The van der Waals surface area contributed by atoms with Gasteiger partial charge in [0.2, 0.25) is 11.9 Å². The zero-order valence-electron chi connectivity index (χ0n) is 8.30. The van der Waals surface area contributed by atoms with Gasteiger partial charge in [0.25, 0.3) is 0 Å². The van der Waals surface area contributed by atoms with Gasteiger partial charge in [-0.25, -0.2) is 0 Å². The van der Waals surface area contributed by atoms with Crippen LogP contribution in [0.2, 0.25) is 0 Å². The minimum absolute atomic E-state index is 0. The molecule has 1 heterocycles. The third kappa shape index (κ3) is 15.5. The molecule has 1 aliphatic heterocycles. The lowest BCUT2D eigenvalue weighted by Crippen LogP contribution is -2.47. The molecule has 0 saturated carbocycles. The predicted octanol–water partition coefficient (Wildman–Crippen LogP) is -2.10. The molecule has 0 atom stereocenters. The second-order valence-corrected chi connectivity index (χ2v) is 2.44. The number of hydrazine groups is 1. The van der Waals surface area contributed by atoms with Gasteiger partial charge in [0, 0.05) is 13.1 Å². The maximum Gasteiger partial charge on any atom is 0.204 e. The van der Waals surface area contributed by atoms with E-state index in [1.807, 2.05) is 0 Å². The summed E-state index contributed by atoms with van der Waals surface area (Å²) in [6.07, 6.45) is 0. The van der Waals surface area contributed by atoms with E-state index in [-0.39, 0.29) is 24.3 Å². The van der Waals surface area contributed by atoms with Gasteiger partial charge >= 0.3 is 0 Å². The average Bonchev–Trinajstić information content (AvgIpc) is 2.18. The summed E-state index contributed by atoms with van der Waals surface area (Å²) in [7, 11) is 0. The summed E-state index contributed by atoms with van der Waals surface area (Å²) in [5.41, 5.74) is 13.8. The highest BCUT2D eigenvalue weighted by Gasteiger charge is 1.92. The lowest BCUT2D eigenvalue weighted by Gasteiger charge is -2.10. The van der Waals surface area contributed by atoms with Crippen molar-refractivity contribution in [2.75, 3.05) is 26.3 Å². The second-order valence-electron chi connectivity index (χ2n) is 2.44. The average molecular weight is 240 g/mol. The maximum atomic E-state index is 6.54. The molecule has 1 saturated heterocycles. The van der Waals surface area contributed by atoms with Gasteiger partial charge in [-0.15, -0.1) is 12.4 Å². The third-order valence-corrected chi connectivity index (χ3v) is 1.18. The van der Waals surface area contributed by atoms with Crippen LogP contribution in [0.25, 0.3) is 0 Å². The molecule has 0 amide bonds. The smallest absolute Gasteiger partial charge is 0.204 e. The van der Waals surface area contributed by atoms with Gasteiger partial charge in [-0.1, -0.05) is 0 Å². The molecule has 8 nitrogen and oxygen atoms in total. The van der Waals surface area contributed by atoms with Crippen LogP contribution in [0.3, 0.4) is 0 Å². The highest BCUT2D eigenvalue weighted by atomic mass is 35.5. The normalized spacial score (nSPS) is 13.6. The first-order valence-electron chi connectivity index (χ1n) is 4.11. The number of hydrogen-bond acceptors (Lipinski definition) is 4. The molecule has 1 rings (SSSR count). The van der Waals surface area contributed by atoms with Crippen LogP contribution in [-0.2, 0) is 4.74 Å². The summed E-state index contributed by atoms with van der Waals surface area (Å²) in [5, 5.41) is 16.2. The van der Waals surface area contributed by atoms with Crippen molar-refractivity contribution >= 4 is 24.3 Å². The zero-order chi connectivity index (χ0) is 10.8. The van der Waals surface area contributed by atoms with E-state index >= 15 is 0 Å². The largest absolute Gasteiger partial charge is 0.379 e. The first-order chi connectivity index (χ1) is 6.63. The van der Waals surface area contributed by atoms with Crippen molar-refractivity contribution in [3.05, 3.63) is 0 Å². The third-order valence-electron chi connectivity index (χ3n) is 1.18. The van der Waals surface area contributed by atoms with E-state index in [0.717, 1.165) is 26.3 Å². The fraction of sp³-hybridized carbons (Fsp3) is 0.667. The maximum absolute atomic E-state index is 6.54. The van der Waals surface area contributed by atoms with Crippen LogP contribution in [0.5, 0.6) is 0 Å². The first-order valence-corrected chi connectivity index (χ1v) is 4.11. The molecule has 1 aliphatic rings. The van der Waals surface area contributed by atoms with Gasteiger partial charge in [0.15, 0.2) is 0 Å². The molecule has 0 aromatic rings. The molecular weight excluding hydrogens is 222 g/mol. The molecule has 0 aromatic carbocycles. The van der Waals surface area contributed by atoms with Crippen LogP contribution < -0.4 is 27.6 Å². The molecule has 0 unspecified atom stereocenters. The molecule has 9 N–H and O–H groups in total. The predicted molar refractivity (Wildman–Crippen MR) is 61.0 cm³/mol. The van der Waals surface area contributed by atoms with E-state index < -0.39 is 0 Å². The van der Waals surface area contributed by atoms with Gasteiger partial charge in [0.05, 0.1) is 13.2 Å². The Balaban J connectivity index is 0. The summed E-state index contributed by atoms with van der Waals surface area (Å²) in [4.78, 5) is 0. The van der Waals surface area contributed by atoms with E-state index in [0.29, 0.717) is 0 Å². The van der Waals surface area contributed by atoms with Crippen LogP contribution in [-0.4, -0.2) is 38.2 Å². The molecule has 0 radical (unpaired) electrons. The minimum atomic E-state index is -0.278. The number of nitrogens with two attached hydrogens (primary N) is 2. The summed E-state index contributed by atoms with van der Waals surface area (Å²) in [5.74, 6) is -0.555. The van der Waals surface area contributed by atoms with Gasteiger partial charge < -0.3 is 21.5 Å². The minimum Gasteiger partial charge on any atom is -0.379 e. The standard InChI is InChI=1S/C4H9NO.C2H8N6.ClH/c1-3-6-4-2-5-1;3-1(4)7-8-2(5)6;/h5H,1-4H2;(H4,3,4,7)(H4,5,6,8);1H. The second kappa shape index (κ2) is 10.8. The number of halogens is 1. The van der Waals surface area contributed by atoms with E-state index in [2.05, 4.69) is 16.2 Å². The lowest BCUT2D eigenvalue weighted by atomic mass is 10.5. The quantitative estimate of drug-likeness (QED) is 0.146. The summed E-state index contributed by atoms with van der Waals surface area (Å²) in [6, 6.07) is 0. The van der Waals surface area contributed by atoms with Crippen molar-refractivity contribution in [3.63, 3.8) is 0 Å². The number of ether oxygens (including phenoxy) is 1. The number of guanidine groups is 2. The molecule has 0 bridgehead atoms. The Bertz CT molecular complexity index is 159. The van der Waals surface area contributed by atoms with Crippen LogP contribution >= 0.6 is 12.4 Å². The molecule has 0 aromatic heterocycles. The van der Waals surface area contributed by atoms with Crippen molar-refractivity contribution in [1.29, 1.82) is 10.8 Å². The Morgan fingerprint density at radius 3 is 1.60 bits per heavy atom. The number of nitrogens with one attached hydrogen (secondary N) is 5. The van der Waals surface area contributed by atoms with Crippen LogP contribution in [0.15, 0.2) is 0 Å². The van der Waals surface area contributed by atoms with Crippen molar-refractivity contribution < 1.29 is 4.74 Å². The van der Waals surface area contributed by atoms with Crippen molar-refractivity contribution in [3.8, 4) is 0 Å². The van der Waals surface area contributed by atoms with Gasteiger partial charge in [-0.2, -0.15) is 0 Å². The summed E-state index contributed by atoms with van der Waals surface area (Å²) in [6.45, 7) is 3.83. The Labute approximate surface area is 94.5 Å². The number of rotatable bonds is 0. The van der Waals surface area contributed by atoms with Crippen LogP contribution in [0, 0.1) is 10.8 Å². The molecular formula is C6H18ClN7O. The molecule has 9 heteroatoms. The van der Waals surface area contributed by atoms with E-state index in [9.17, 15) is 0 Å². The Kier molecular flexibility index (Phi) is 11.7. The molecule has 0 spiro atoms. The van der Waals surface area contributed by atoms with Gasteiger partial charge in [-0.3, -0.25) is 21.7 Å². The number of morpholine rings is 1. The van der Waals surface area contributed by atoms with Crippen molar-refractivity contribution in [2.45, 2.75) is 0 Å². The molecule has 90 valence electrons. The van der Waals surface area contributed by atoms with Crippen molar-refractivity contribution in [2.24, 2.45) is 11.5 Å². The van der Waals surface area contributed by atoms with Crippen molar-refractivity contribution in [1.82, 2.24) is 16.2 Å². The fourth-order valence-corrected chi connectivity index (χ4v) is 0.650. The Morgan fingerprint density at radius 1 is 1.07 bits per heavy atom.